The number of halogens is 1. The molecule has 6 nitrogen and oxygen atoms in total. The molecule has 1 N–H and O–H groups in total. The molecule has 148 valence electrons. The number of aryl methyl sites for hydroxylation is 1. The van der Waals surface area contributed by atoms with Crippen LogP contribution in [0.25, 0.3) is 0 Å². The molecule has 0 saturated heterocycles. The molecule has 1 aromatic heterocycles. The lowest BCUT2D eigenvalue weighted by Crippen LogP contribution is -2.72. The molecule has 2 bridgehead atoms. The van der Waals surface area contributed by atoms with Crippen LogP contribution in [0.15, 0.2) is 6.07 Å². The van der Waals surface area contributed by atoms with Crippen molar-refractivity contribution < 1.29 is 9.59 Å². The molecule has 0 atom stereocenters. The van der Waals surface area contributed by atoms with Crippen LogP contribution in [0, 0.1) is 16.2 Å². The SMILES string of the molecule is CN(C(=O)C12CC(C(C)(C)C)(C1)C2)C1CC(NC(=O)c2cc(Cl)n(C)n2)C1. The van der Waals surface area contributed by atoms with Crippen molar-refractivity contribution in [2.45, 2.75) is 65.0 Å². The van der Waals surface area contributed by atoms with Crippen molar-refractivity contribution >= 4 is 23.4 Å². The maximum absolute atomic E-state index is 13.0. The molecule has 0 unspecified atom stereocenters. The lowest BCUT2D eigenvalue weighted by Gasteiger charge is -2.75. The van der Waals surface area contributed by atoms with E-state index in [4.69, 9.17) is 11.6 Å². The summed E-state index contributed by atoms with van der Waals surface area (Å²) < 4.78 is 1.47. The highest BCUT2D eigenvalue weighted by atomic mass is 35.5. The van der Waals surface area contributed by atoms with Gasteiger partial charge in [-0.15, -0.1) is 0 Å². The second kappa shape index (κ2) is 5.72. The van der Waals surface area contributed by atoms with E-state index in [1.54, 1.807) is 13.1 Å². The quantitative estimate of drug-likeness (QED) is 0.856. The van der Waals surface area contributed by atoms with Crippen LogP contribution in [0.2, 0.25) is 5.15 Å². The molecule has 4 aliphatic carbocycles. The van der Waals surface area contributed by atoms with Crippen LogP contribution in [-0.2, 0) is 11.8 Å². The topological polar surface area (TPSA) is 67.2 Å². The molecule has 7 heteroatoms. The first kappa shape index (κ1) is 18.8. The minimum Gasteiger partial charge on any atom is -0.348 e. The van der Waals surface area contributed by atoms with Gasteiger partial charge in [0.15, 0.2) is 5.69 Å². The second-order valence-electron chi connectivity index (χ2n) is 10.0. The number of carbonyl (C=O) groups is 2. The number of carbonyl (C=O) groups excluding carboxylic acids is 2. The Morgan fingerprint density at radius 3 is 2.37 bits per heavy atom. The van der Waals surface area contributed by atoms with Crippen LogP contribution in [0.3, 0.4) is 0 Å². The van der Waals surface area contributed by atoms with Crippen molar-refractivity contribution in [1.82, 2.24) is 20.0 Å². The third-order valence-electron chi connectivity index (χ3n) is 7.45. The zero-order valence-corrected chi connectivity index (χ0v) is 17.6. The molecule has 4 aliphatic rings. The van der Waals surface area contributed by atoms with Gasteiger partial charge in [0.2, 0.25) is 5.91 Å². The molecule has 0 aliphatic heterocycles. The van der Waals surface area contributed by atoms with Gasteiger partial charge in [-0.3, -0.25) is 14.3 Å². The highest BCUT2D eigenvalue weighted by Crippen LogP contribution is 2.79. The van der Waals surface area contributed by atoms with E-state index in [9.17, 15) is 9.59 Å². The average Bonchev–Trinajstić information content (AvgIpc) is 2.76. The third kappa shape index (κ3) is 2.71. The number of hydrogen-bond acceptors (Lipinski definition) is 3. The van der Waals surface area contributed by atoms with Crippen molar-refractivity contribution in [3.05, 3.63) is 16.9 Å². The Balaban J connectivity index is 1.27. The van der Waals surface area contributed by atoms with Gasteiger partial charge in [0.05, 0.1) is 5.41 Å². The first-order chi connectivity index (χ1) is 12.5. The van der Waals surface area contributed by atoms with Crippen molar-refractivity contribution in [3.8, 4) is 0 Å². The summed E-state index contributed by atoms with van der Waals surface area (Å²) in [6.45, 7) is 6.87. The van der Waals surface area contributed by atoms with E-state index in [1.807, 2.05) is 11.9 Å². The van der Waals surface area contributed by atoms with Gasteiger partial charge < -0.3 is 10.2 Å². The second-order valence-corrected chi connectivity index (χ2v) is 10.4. The summed E-state index contributed by atoms with van der Waals surface area (Å²) in [5.41, 5.74) is 0.898. The molecule has 4 saturated carbocycles. The van der Waals surface area contributed by atoms with Crippen molar-refractivity contribution in [3.63, 3.8) is 0 Å². The Morgan fingerprint density at radius 1 is 1.30 bits per heavy atom. The predicted molar refractivity (Wildman–Crippen MR) is 103 cm³/mol. The van der Waals surface area contributed by atoms with Crippen LogP contribution >= 0.6 is 11.6 Å². The summed E-state index contributed by atoms with van der Waals surface area (Å²) in [4.78, 5) is 27.2. The number of nitrogens with zero attached hydrogens (tertiary/aromatic N) is 3. The fraction of sp³-hybridized carbons (Fsp3) is 0.750. The summed E-state index contributed by atoms with van der Waals surface area (Å²) >= 11 is 5.94. The molecule has 4 fully saturated rings. The highest BCUT2D eigenvalue weighted by molar-refractivity contribution is 6.29. The first-order valence-corrected chi connectivity index (χ1v) is 10.1. The highest BCUT2D eigenvalue weighted by Gasteiger charge is 2.75. The number of hydrogen-bond donors (Lipinski definition) is 1. The molecular formula is C20H29ClN4O2. The zero-order valence-electron chi connectivity index (χ0n) is 16.8. The van der Waals surface area contributed by atoms with Gasteiger partial charge >= 0.3 is 0 Å². The summed E-state index contributed by atoms with van der Waals surface area (Å²) in [5, 5.41) is 7.52. The van der Waals surface area contributed by atoms with Gasteiger partial charge in [-0.2, -0.15) is 5.10 Å². The van der Waals surface area contributed by atoms with Crippen LogP contribution in [0.5, 0.6) is 0 Å². The van der Waals surface area contributed by atoms with Gasteiger partial charge in [0.1, 0.15) is 5.15 Å². The van der Waals surface area contributed by atoms with E-state index in [2.05, 4.69) is 31.2 Å². The van der Waals surface area contributed by atoms with Gasteiger partial charge in [-0.1, -0.05) is 32.4 Å². The van der Waals surface area contributed by atoms with Crippen molar-refractivity contribution in [1.29, 1.82) is 0 Å². The third-order valence-corrected chi connectivity index (χ3v) is 7.80. The molecule has 2 amide bonds. The van der Waals surface area contributed by atoms with Crippen molar-refractivity contribution in [2.24, 2.45) is 23.3 Å². The Bertz CT molecular complexity index is 764. The molecule has 1 aromatic rings. The number of amides is 2. The largest absolute Gasteiger partial charge is 0.348 e. The van der Waals surface area contributed by atoms with E-state index in [0.717, 1.165) is 32.1 Å². The molecule has 0 spiro atoms. The van der Waals surface area contributed by atoms with Crippen LogP contribution < -0.4 is 5.32 Å². The molecular weight excluding hydrogens is 364 g/mol. The number of rotatable bonds is 4. The van der Waals surface area contributed by atoms with Gasteiger partial charge in [0.25, 0.3) is 5.91 Å². The zero-order chi connectivity index (χ0) is 19.8. The first-order valence-electron chi connectivity index (χ1n) is 9.74. The Kier molecular flexibility index (Phi) is 3.98. The lowest BCUT2D eigenvalue weighted by molar-refractivity contribution is -0.256. The Hall–Kier alpha value is -1.56. The van der Waals surface area contributed by atoms with E-state index < -0.39 is 0 Å². The van der Waals surface area contributed by atoms with Gasteiger partial charge in [-0.25, -0.2) is 0 Å². The minimum atomic E-state index is -0.207. The predicted octanol–water partition coefficient (Wildman–Crippen LogP) is 3.01. The van der Waals surface area contributed by atoms with E-state index in [0.29, 0.717) is 22.2 Å². The van der Waals surface area contributed by atoms with Crippen molar-refractivity contribution in [2.75, 3.05) is 7.05 Å². The number of nitrogens with one attached hydrogen (secondary N) is 1. The molecule has 5 rings (SSSR count). The van der Waals surface area contributed by atoms with Crippen LogP contribution in [0.1, 0.15) is 63.4 Å². The summed E-state index contributed by atoms with van der Waals surface area (Å²) in [5.74, 6) is 0.0985. The van der Waals surface area contributed by atoms with Gasteiger partial charge in [-0.05, 0) is 42.9 Å². The van der Waals surface area contributed by atoms with E-state index in [1.165, 1.54) is 4.68 Å². The fourth-order valence-corrected chi connectivity index (χ4v) is 5.33. The van der Waals surface area contributed by atoms with E-state index in [-0.39, 0.29) is 28.8 Å². The van der Waals surface area contributed by atoms with Gasteiger partial charge in [0, 0.05) is 32.2 Å². The van der Waals surface area contributed by atoms with Crippen LogP contribution in [0.4, 0.5) is 0 Å². The average molecular weight is 393 g/mol. The van der Waals surface area contributed by atoms with Crippen LogP contribution in [-0.4, -0.2) is 45.6 Å². The summed E-state index contributed by atoms with van der Waals surface area (Å²) in [7, 11) is 3.63. The Labute approximate surface area is 165 Å². The lowest BCUT2D eigenvalue weighted by atomic mass is 9.29. The Morgan fingerprint density at radius 2 is 1.89 bits per heavy atom. The standard InChI is InChI=1S/C20H29ClN4O2/c1-18(2,3)20-9-19(10-20,11-20)17(27)24(4)13-6-12(7-13)22-16(26)14-8-15(21)25(5)23-14/h8,12-13H,6-7,9-11H2,1-5H3,(H,22,26). The molecule has 0 aromatic carbocycles. The fourth-order valence-electron chi connectivity index (χ4n) is 5.19. The maximum Gasteiger partial charge on any atom is 0.272 e. The van der Waals surface area contributed by atoms with E-state index >= 15 is 0 Å². The maximum atomic E-state index is 13.0. The smallest absolute Gasteiger partial charge is 0.272 e. The number of aromatic nitrogens is 2. The molecule has 27 heavy (non-hydrogen) atoms. The minimum absolute atomic E-state index is 0.0903. The summed E-state index contributed by atoms with van der Waals surface area (Å²) in [6, 6.07) is 1.87. The summed E-state index contributed by atoms with van der Waals surface area (Å²) in [6.07, 6.45) is 4.73. The molecule has 0 radical (unpaired) electrons. The normalized spacial score (nSPS) is 34.1. The monoisotopic (exact) mass is 392 g/mol. The molecule has 1 heterocycles.